The Morgan fingerprint density at radius 1 is 0.846 bits per heavy atom. The highest BCUT2D eigenvalue weighted by atomic mass is 16.5. The third kappa shape index (κ3) is 8.10. The molecule has 1 atom stereocenters. The molecule has 0 fully saturated rings. The molecule has 0 radical (unpaired) electrons. The Hall–Kier alpha value is -4.78. The quantitative estimate of drug-likeness (QED) is 0.131. The Morgan fingerprint density at radius 2 is 1.46 bits per heavy atom. The van der Waals surface area contributed by atoms with Crippen LogP contribution < -0.4 is 25.8 Å². The van der Waals surface area contributed by atoms with Gasteiger partial charge in [0.1, 0.15) is 30.0 Å². The zero-order chi connectivity index (χ0) is 27.5. The number of nitrogens with two attached hydrogens (primary N) is 1. The molecular weight excluding hydrogens is 488 g/mol. The van der Waals surface area contributed by atoms with E-state index in [2.05, 4.69) is 10.6 Å². The Kier molecular flexibility index (Phi) is 9.56. The first kappa shape index (κ1) is 27.3. The van der Waals surface area contributed by atoms with Gasteiger partial charge in [-0.1, -0.05) is 67.6 Å². The molecule has 4 rings (SSSR count). The largest absolute Gasteiger partial charge is 0.493 e. The third-order valence-electron chi connectivity index (χ3n) is 6.04. The minimum atomic E-state index is -0.735. The van der Waals surface area contributed by atoms with Crippen molar-refractivity contribution in [2.24, 2.45) is 5.73 Å². The molecule has 0 bridgehead atoms. The van der Waals surface area contributed by atoms with Crippen LogP contribution in [0.15, 0.2) is 103 Å². The molecule has 0 aliphatic heterocycles. The Bertz CT molecular complexity index is 1360. The normalized spacial score (nSPS) is 11.3. The van der Waals surface area contributed by atoms with Gasteiger partial charge in [0.05, 0.1) is 6.61 Å². The summed E-state index contributed by atoms with van der Waals surface area (Å²) in [4.78, 5) is 13.6. The van der Waals surface area contributed by atoms with Crippen molar-refractivity contribution in [2.75, 3.05) is 11.9 Å². The monoisotopic (exact) mass is 522 g/mol. The van der Waals surface area contributed by atoms with E-state index in [0.29, 0.717) is 48.1 Å². The number of anilines is 1. The van der Waals surface area contributed by atoms with Crippen LogP contribution in [0.5, 0.6) is 11.5 Å². The highest BCUT2D eigenvalue weighted by Gasteiger charge is 2.23. The lowest BCUT2D eigenvalue weighted by molar-refractivity contribution is -0.122. The van der Waals surface area contributed by atoms with E-state index in [-0.39, 0.29) is 11.7 Å². The summed E-state index contributed by atoms with van der Waals surface area (Å²) < 4.78 is 12.1. The minimum absolute atomic E-state index is 0.0142. The number of ether oxygens (including phenoxy) is 2. The summed E-state index contributed by atoms with van der Waals surface area (Å²) in [5.41, 5.74) is 9.68. The highest BCUT2D eigenvalue weighted by molar-refractivity contribution is 5.95. The molecule has 1 amide bonds. The molecule has 0 aromatic heterocycles. The van der Waals surface area contributed by atoms with Crippen molar-refractivity contribution >= 4 is 17.4 Å². The van der Waals surface area contributed by atoms with Crippen molar-refractivity contribution in [1.29, 1.82) is 5.41 Å². The molecule has 5 N–H and O–H groups in total. The highest BCUT2D eigenvalue weighted by Crippen LogP contribution is 2.30. The minimum Gasteiger partial charge on any atom is -0.493 e. The second-order valence-electron chi connectivity index (χ2n) is 9.13. The topological polar surface area (TPSA) is 109 Å². The van der Waals surface area contributed by atoms with Gasteiger partial charge in [0, 0.05) is 23.9 Å². The number of rotatable bonds is 13. The van der Waals surface area contributed by atoms with Gasteiger partial charge in [-0.05, 0) is 59.5 Å². The molecule has 0 saturated heterocycles. The SMILES string of the molecule is CCCOc1cc(OCc2ccccc2)cc([C@H](Nc2ccc(C(=N)N)cc2)C(=O)NCc2ccccc2)c1. The van der Waals surface area contributed by atoms with Crippen LogP contribution >= 0.6 is 0 Å². The van der Waals surface area contributed by atoms with Crippen molar-refractivity contribution in [1.82, 2.24) is 5.32 Å². The number of carbonyl (C=O) groups is 1. The molecule has 39 heavy (non-hydrogen) atoms. The molecule has 0 unspecified atom stereocenters. The van der Waals surface area contributed by atoms with E-state index >= 15 is 0 Å². The zero-order valence-electron chi connectivity index (χ0n) is 22.0. The van der Waals surface area contributed by atoms with Crippen LogP contribution in [0.25, 0.3) is 0 Å². The maximum atomic E-state index is 13.6. The first-order valence-corrected chi connectivity index (χ1v) is 13.0. The van der Waals surface area contributed by atoms with Crippen molar-refractivity contribution < 1.29 is 14.3 Å². The van der Waals surface area contributed by atoms with Crippen molar-refractivity contribution in [3.8, 4) is 11.5 Å². The fourth-order valence-electron chi connectivity index (χ4n) is 3.99. The first-order chi connectivity index (χ1) is 19.0. The Morgan fingerprint density at radius 3 is 2.08 bits per heavy atom. The molecule has 4 aromatic rings. The number of nitrogen functional groups attached to an aromatic ring is 1. The molecule has 7 heteroatoms. The second kappa shape index (κ2) is 13.7. The number of amidine groups is 1. The fourth-order valence-corrected chi connectivity index (χ4v) is 3.99. The van der Waals surface area contributed by atoms with Gasteiger partial charge < -0.3 is 25.8 Å². The van der Waals surface area contributed by atoms with Crippen molar-refractivity contribution in [3.63, 3.8) is 0 Å². The summed E-state index contributed by atoms with van der Waals surface area (Å²) in [5.74, 6) is 1.03. The third-order valence-corrected chi connectivity index (χ3v) is 6.04. The van der Waals surface area contributed by atoms with Gasteiger partial charge in [-0.2, -0.15) is 0 Å². The lowest BCUT2D eigenvalue weighted by Gasteiger charge is -2.22. The van der Waals surface area contributed by atoms with Gasteiger partial charge in [-0.3, -0.25) is 10.2 Å². The van der Waals surface area contributed by atoms with Gasteiger partial charge in [-0.25, -0.2) is 0 Å². The van der Waals surface area contributed by atoms with Gasteiger partial charge in [0.2, 0.25) is 5.91 Å². The second-order valence-corrected chi connectivity index (χ2v) is 9.13. The van der Waals surface area contributed by atoms with Crippen molar-refractivity contribution in [3.05, 3.63) is 125 Å². The van der Waals surface area contributed by atoms with Gasteiger partial charge in [0.15, 0.2) is 0 Å². The van der Waals surface area contributed by atoms with E-state index in [0.717, 1.165) is 17.5 Å². The predicted octanol–water partition coefficient (Wildman–Crippen LogP) is 5.81. The molecule has 0 aliphatic carbocycles. The summed E-state index contributed by atoms with van der Waals surface area (Å²) >= 11 is 0. The molecule has 200 valence electrons. The van der Waals surface area contributed by atoms with Crippen LogP contribution in [0.1, 0.15) is 41.6 Å². The van der Waals surface area contributed by atoms with E-state index < -0.39 is 6.04 Å². The summed E-state index contributed by atoms with van der Waals surface area (Å²) in [6, 6.07) is 31.6. The number of nitrogens with one attached hydrogen (secondary N) is 3. The van der Waals surface area contributed by atoms with E-state index in [1.807, 2.05) is 85.8 Å². The summed E-state index contributed by atoms with van der Waals surface area (Å²) in [6.07, 6.45) is 0.853. The molecule has 7 nitrogen and oxygen atoms in total. The van der Waals surface area contributed by atoms with Gasteiger partial charge in [0.25, 0.3) is 0 Å². The fraction of sp³-hybridized carbons (Fsp3) is 0.188. The standard InChI is InChI=1S/C32H34N4O3/c1-2-17-38-28-18-26(19-29(20-28)39-22-24-11-7-4-8-12-24)30(32(37)35-21-23-9-5-3-6-10-23)36-27-15-13-25(14-16-27)31(33)34/h3-16,18-20,30,36H,2,17,21-22H2,1H3,(H3,33,34)(H,35,37)/t30-/m0/s1. The predicted molar refractivity (Wildman–Crippen MR) is 155 cm³/mol. The smallest absolute Gasteiger partial charge is 0.247 e. The van der Waals surface area contributed by atoms with E-state index in [4.69, 9.17) is 20.6 Å². The molecule has 0 spiro atoms. The summed E-state index contributed by atoms with van der Waals surface area (Å²) in [6.45, 7) is 3.38. The lowest BCUT2D eigenvalue weighted by Crippen LogP contribution is -2.33. The zero-order valence-corrected chi connectivity index (χ0v) is 22.0. The number of hydrogen-bond acceptors (Lipinski definition) is 5. The van der Waals surface area contributed by atoms with E-state index in [1.54, 1.807) is 24.3 Å². The number of amides is 1. The first-order valence-electron chi connectivity index (χ1n) is 13.0. The molecular formula is C32H34N4O3. The van der Waals surface area contributed by atoms with Crippen molar-refractivity contribution in [2.45, 2.75) is 32.5 Å². The summed E-state index contributed by atoms with van der Waals surface area (Å²) in [7, 11) is 0. The van der Waals surface area contributed by atoms with E-state index in [9.17, 15) is 4.79 Å². The van der Waals surface area contributed by atoms with Crippen LogP contribution in [0.3, 0.4) is 0 Å². The maximum Gasteiger partial charge on any atom is 0.247 e. The molecule has 0 saturated carbocycles. The average Bonchev–Trinajstić information content (AvgIpc) is 2.97. The van der Waals surface area contributed by atoms with Gasteiger partial charge in [-0.15, -0.1) is 0 Å². The van der Waals surface area contributed by atoms with Gasteiger partial charge >= 0.3 is 0 Å². The van der Waals surface area contributed by atoms with Crippen LogP contribution in [-0.2, 0) is 17.9 Å². The van der Waals surface area contributed by atoms with Crippen LogP contribution in [0.2, 0.25) is 0 Å². The number of carbonyl (C=O) groups excluding carboxylic acids is 1. The molecule has 4 aromatic carbocycles. The van der Waals surface area contributed by atoms with Crippen LogP contribution in [0.4, 0.5) is 5.69 Å². The number of hydrogen-bond donors (Lipinski definition) is 4. The van der Waals surface area contributed by atoms with Crippen LogP contribution in [-0.4, -0.2) is 18.3 Å². The Labute approximate surface area is 229 Å². The molecule has 0 heterocycles. The summed E-state index contributed by atoms with van der Waals surface area (Å²) in [5, 5.41) is 14.1. The Balaban J connectivity index is 1.63. The maximum absolute atomic E-state index is 13.6. The van der Waals surface area contributed by atoms with Crippen LogP contribution in [0, 0.1) is 5.41 Å². The number of benzene rings is 4. The van der Waals surface area contributed by atoms with E-state index in [1.165, 1.54) is 0 Å². The lowest BCUT2D eigenvalue weighted by atomic mass is 10.0. The average molecular weight is 523 g/mol. The molecule has 0 aliphatic rings.